The first kappa shape index (κ1) is 11.4. The maximum Gasteiger partial charge on any atom is 0.319 e. The lowest BCUT2D eigenvalue weighted by atomic mass is 10.3. The second-order valence-electron chi connectivity index (χ2n) is 2.79. The molecule has 0 saturated heterocycles. The highest BCUT2D eigenvalue weighted by Gasteiger charge is 2.02. The average molecular weight is 227 g/mol. The van der Waals surface area contributed by atoms with Gasteiger partial charge in [0.25, 0.3) is 0 Å². The number of rotatable bonds is 3. The quantitative estimate of drug-likeness (QED) is 0.547. The number of amides is 2. The van der Waals surface area contributed by atoms with Gasteiger partial charge in [0.15, 0.2) is 0 Å². The summed E-state index contributed by atoms with van der Waals surface area (Å²) in [7, 11) is 0. The SMILES string of the molecule is C=CCNC(=O)Nc1ccc(O)c(Cl)c1. The van der Waals surface area contributed by atoms with Crippen molar-refractivity contribution >= 4 is 23.3 Å². The molecule has 0 aromatic heterocycles. The van der Waals surface area contributed by atoms with Crippen molar-refractivity contribution in [3.8, 4) is 5.75 Å². The van der Waals surface area contributed by atoms with E-state index >= 15 is 0 Å². The fraction of sp³-hybridized carbons (Fsp3) is 0.100. The van der Waals surface area contributed by atoms with Crippen LogP contribution in [0.4, 0.5) is 10.5 Å². The lowest BCUT2D eigenvalue weighted by Gasteiger charge is -2.06. The van der Waals surface area contributed by atoms with Crippen molar-refractivity contribution in [2.45, 2.75) is 0 Å². The van der Waals surface area contributed by atoms with Crippen molar-refractivity contribution in [2.24, 2.45) is 0 Å². The Balaban J connectivity index is 2.60. The standard InChI is InChI=1S/C10H11ClN2O2/c1-2-5-12-10(15)13-7-3-4-9(14)8(11)6-7/h2-4,6,14H,1,5H2,(H2,12,13,15). The number of hydrogen-bond acceptors (Lipinski definition) is 2. The molecule has 3 N–H and O–H groups in total. The molecule has 5 heteroatoms. The van der Waals surface area contributed by atoms with Gasteiger partial charge in [-0.1, -0.05) is 17.7 Å². The highest BCUT2D eigenvalue weighted by atomic mass is 35.5. The van der Waals surface area contributed by atoms with Crippen molar-refractivity contribution in [3.05, 3.63) is 35.9 Å². The normalized spacial score (nSPS) is 9.40. The molecule has 0 fully saturated rings. The van der Waals surface area contributed by atoms with E-state index in [9.17, 15) is 4.79 Å². The molecular formula is C10H11ClN2O2. The summed E-state index contributed by atoms with van der Waals surface area (Å²) in [4.78, 5) is 11.2. The van der Waals surface area contributed by atoms with Crippen LogP contribution < -0.4 is 10.6 Å². The van der Waals surface area contributed by atoms with Crippen LogP contribution in [0.3, 0.4) is 0 Å². The van der Waals surface area contributed by atoms with Gasteiger partial charge in [-0.2, -0.15) is 0 Å². The maximum absolute atomic E-state index is 11.2. The molecule has 15 heavy (non-hydrogen) atoms. The van der Waals surface area contributed by atoms with E-state index in [2.05, 4.69) is 17.2 Å². The maximum atomic E-state index is 11.2. The molecule has 1 aromatic rings. The van der Waals surface area contributed by atoms with Gasteiger partial charge in [-0.05, 0) is 18.2 Å². The molecular weight excluding hydrogens is 216 g/mol. The summed E-state index contributed by atoms with van der Waals surface area (Å²) in [6, 6.07) is 4.07. The predicted molar refractivity (Wildman–Crippen MR) is 60.3 cm³/mol. The van der Waals surface area contributed by atoms with Crippen LogP contribution in [0.2, 0.25) is 5.02 Å². The van der Waals surface area contributed by atoms with Crippen LogP contribution in [0, 0.1) is 0 Å². The smallest absolute Gasteiger partial charge is 0.319 e. The van der Waals surface area contributed by atoms with E-state index in [-0.39, 0.29) is 16.8 Å². The number of phenolic OH excluding ortho intramolecular Hbond substituents is 1. The second kappa shape index (κ2) is 5.26. The van der Waals surface area contributed by atoms with Gasteiger partial charge in [-0.25, -0.2) is 4.79 Å². The van der Waals surface area contributed by atoms with Gasteiger partial charge >= 0.3 is 6.03 Å². The first-order chi connectivity index (χ1) is 7.13. The number of nitrogens with one attached hydrogen (secondary N) is 2. The Morgan fingerprint density at radius 1 is 1.60 bits per heavy atom. The summed E-state index contributed by atoms with van der Waals surface area (Å²) in [6.45, 7) is 3.86. The number of carbonyl (C=O) groups excluding carboxylic acids is 1. The summed E-state index contributed by atoms with van der Waals surface area (Å²) in [6.07, 6.45) is 1.57. The van der Waals surface area contributed by atoms with Crippen LogP contribution in [0.25, 0.3) is 0 Å². The molecule has 1 rings (SSSR count). The van der Waals surface area contributed by atoms with Crippen LogP contribution in [0.5, 0.6) is 5.75 Å². The zero-order valence-electron chi connectivity index (χ0n) is 7.96. The fourth-order valence-corrected chi connectivity index (χ4v) is 1.11. The number of phenols is 1. The molecule has 0 unspecified atom stereocenters. The van der Waals surface area contributed by atoms with Gasteiger partial charge in [-0.3, -0.25) is 0 Å². The Labute approximate surface area is 92.6 Å². The summed E-state index contributed by atoms with van der Waals surface area (Å²) in [5.74, 6) is -0.0197. The van der Waals surface area contributed by atoms with E-state index in [0.29, 0.717) is 12.2 Å². The summed E-state index contributed by atoms with van der Waals surface area (Å²) < 4.78 is 0. The average Bonchev–Trinajstić information content (AvgIpc) is 2.20. The molecule has 0 bridgehead atoms. The van der Waals surface area contributed by atoms with E-state index in [1.807, 2.05) is 0 Å². The predicted octanol–water partition coefficient (Wildman–Crippen LogP) is 2.35. The third-order valence-electron chi connectivity index (χ3n) is 1.61. The van der Waals surface area contributed by atoms with Crippen molar-refractivity contribution in [3.63, 3.8) is 0 Å². The Bertz CT molecular complexity index is 380. The van der Waals surface area contributed by atoms with Crippen LogP contribution in [0.15, 0.2) is 30.9 Å². The van der Waals surface area contributed by atoms with E-state index in [1.54, 1.807) is 12.1 Å². The first-order valence-corrected chi connectivity index (χ1v) is 4.65. The number of halogens is 1. The number of anilines is 1. The summed E-state index contributed by atoms with van der Waals surface area (Å²) >= 11 is 5.66. The van der Waals surface area contributed by atoms with Crippen LogP contribution in [0.1, 0.15) is 0 Å². The highest BCUT2D eigenvalue weighted by Crippen LogP contribution is 2.25. The molecule has 0 atom stereocenters. The topological polar surface area (TPSA) is 61.4 Å². The van der Waals surface area contributed by atoms with Crippen molar-refractivity contribution in [1.29, 1.82) is 0 Å². The zero-order chi connectivity index (χ0) is 11.3. The minimum Gasteiger partial charge on any atom is -0.506 e. The summed E-state index contributed by atoms with van der Waals surface area (Å²) in [5.41, 5.74) is 0.513. The van der Waals surface area contributed by atoms with Gasteiger partial charge in [-0.15, -0.1) is 6.58 Å². The van der Waals surface area contributed by atoms with Crippen LogP contribution in [-0.2, 0) is 0 Å². The Morgan fingerprint density at radius 2 is 2.33 bits per heavy atom. The molecule has 1 aromatic carbocycles. The lowest BCUT2D eigenvalue weighted by molar-refractivity contribution is 0.253. The molecule has 2 amide bonds. The van der Waals surface area contributed by atoms with Gasteiger partial charge in [0.2, 0.25) is 0 Å². The van der Waals surface area contributed by atoms with E-state index in [4.69, 9.17) is 16.7 Å². The number of benzene rings is 1. The van der Waals surface area contributed by atoms with Gasteiger partial charge < -0.3 is 15.7 Å². The van der Waals surface area contributed by atoms with Gasteiger partial charge in [0, 0.05) is 12.2 Å². The zero-order valence-corrected chi connectivity index (χ0v) is 8.71. The van der Waals surface area contributed by atoms with Crippen molar-refractivity contribution in [1.82, 2.24) is 5.32 Å². The van der Waals surface area contributed by atoms with E-state index < -0.39 is 0 Å². The van der Waals surface area contributed by atoms with Gasteiger partial charge in [0.05, 0.1) is 5.02 Å². The number of hydrogen-bond donors (Lipinski definition) is 3. The molecule has 0 aliphatic rings. The molecule has 4 nitrogen and oxygen atoms in total. The first-order valence-electron chi connectivity index (χ1n) is 4.27. The Kier molecular flexibility index (Phi) is 4.00. The number of urea groups is 1. The molecule has 80 valence electrons. The third-order valence-corrected chi connectivity index (χ3v) is 1.92. The molecule has 0 saturated carbocycles. The van der Waals surface area contributed by atoms with Gasteiger partial charge in [0.1, 0.15) is 5.75 Å². The van der Waals surface area contributed by atoms with Crippen LogP contribution in [-0.4, -0.2) is 17.7 Å². The monoisotopic (exact) mass is 226 g/mol. The largest absolute Gasteiger partial charge is 0.506 e. The van der Waals surface area contributed by atoms with Crippen LogP contribution >= 0.6 is 11.6 Å². The molecule has 0 aliphatic carbocycles. The third kappa shape index (κ3) is 3.52. The molecule has 0 spiro atoms. The minimum atomic E-state index is -0.350. The molecule has 0 aliphatic heterocycles. The molecule has 0 radical (unpaired) electrons. The second-order valence-corrected chi connectivity index (χ2v) is 3.20. The van der Waals surface area contributed by atoms with E-state index in [1.165, 1.54) is 12.1 Å². The minimum absolute atomic E-state index is 0.0197. The fourth-order valence-electron chi connectivity index (χ4n) is 0.925. The Hall–Kier alpha value is -1.68. The molecule has 0 heterocycles. The van der Waals surface area contributed by atoms with Crippen molar-refractivity contribution in [2.75, 3.05) is 11.9 Å². The highest BCUT2D eigenvalue weighted by molar-refractivity contribution is 6.32. The van der Waals surface area contributed by atoms with Crippen molar-refractivity contribution < 1.29 is 9.90 Å². The lowest BCUT2D eigenvalue weighted by Crippen LogP contribution is -2.28. The van der Waals surface area contributed by atoms with E-state index in [0.717, 1.165) is 0 Å². The number of carbonyl (C=O) groups is 1. The summed E-state index contributed by atoms with van der Waals surface area (Å²) in [5, 5.41) is 14.4. The number of aromatic hydroxyl groups is 1. The Morgan fingerprint density at radius 3 is 2.93 bits per heavy atom.